The third kappa shape index (κ3) is 4.33. The molecule has 1 rings (SSSR count). The zero-order chi connectivity index (χ0) is 14.8. The molecule has 0 amide bonds. The molecule has 9 heteroatoms. The summed E-state index contributed by atoms with van der Waals surface area (Å²) in [6.07, 6.45) is -4.51. The number of halogens is 6. The van der Waals surface area contributed by atoms with Crippen molar-refractivity contribution in [2.45, 2.75) is 17.6 Å². The summed E-state index contributed by atoms with van der Waals surface area (Å²) in [5.74, 6) is -0.678. The van der Waals surface area contributed by atoms with Crippen LogP contribution in [0, 0.1) is 0 Å². The quantitative estimate of drug-likeness (QED) is 0.428. The highest BCUT2D eigenvalue weighted by atomic mass is 35.5. The highest BCUT2D eigenvalue weighted by Crippen LogP contribution is 2.36. The van der Waals surface area contributed by atoms with Crippen molar-refractivity contribution in [2.75, 3.05) is 0 Å². The molecule has 1 aromatic rings. The molecule has 0 radical (unpaired) electrons. The average molecular weight is 334 g/mol. The number of benzene rings is 1. The smallest absolute Gasteiger partial charge is 0.294 e. The van der Waals surface area contributed by atoms with Gasteiger partial charge in [-0.25, -0.2) is 0 Å². The summed E-state index contributed by atoms with van der Waals surface area (Å²) in [6, 6.07) is 2.46. The Morgan fingerprint density at radius 2 is 1.84 bits per heavy atom. The second-order valence-corrected chi connectivity index (χ2v) is 5.16. The first-order chi connectivity index (χ1) is 8.54. The summed E-state index contributed by atoms with van der Waals surface area (Å²) < 4.78 is 35.1. The predicted molar refractivity (Wildman–Crippen MR) is 66.1 cm³/mol. The molecule has 0 heterocycles. The molecule has 19 heavy (non-hydrogen) atoms. The molecule has 0 fully saturated rings. The maximum absolute atomic E-state index is 12.4. The van der Waals surface area contributed by atoms with E-state index in [1.165, 1.54) is 0 Å². The first-order valence-electron chi connectivity index (χ1n) is 4.72. The summed E-state index contributed by atoms with van der Waals surface area (Å²) in [5, 5.41) is 6.50. The molecule has 0 unspecified atom stereocenters. The lowest BCUT2D eigenvalue weighted by Gasteiger charge is -2.09. The minimum Gasteiger partial charge on any atom is -0.294 e. The Kier molecular flexibility index (Phi) is 4.81. The van der Waals surface area contributed by atoms with Gasteiger partial charge in [0.05, 0.1) is 10.6 Å². The van der Waals surface area contributed by atoms with Crippen LogP contribution in [0.1, 0.15) is 12.5 Å². The Labute approximate surface area is 121 Å². The fourth-order valence-corrected chi connectivity index (χ4v) is 1.25. The molecule has 0 spiro atoms. The van der Waals surface area contributed by atoms with Gasteiger partial charge in [0.15, 0.2) is 5.78 Å². The second-order valence-electron chi connectivity index (χ2n) is 3.46. The van der Waals surface area contributed by atoms with Gasteiger partial charge in [-0.05, 0) is 25.1 Å². The third-order valence-corrected chi connectivity index (χ3v) is 2.97. The zero-order valence-electron chi connectivity index (χ0n) is 9.30. The highest BCUT2D eigenvalue weighted by molar-refractivity contribution is 6.57. The fourth-order valence-electron chi connectivity index (χ4n) is 0.951. The van der Waals surface area contributed by atoms with Crippen LogP contribution in [0.25, 0.3) is 0 Å². The van der Waals surface area contributed by atoms with Crippen LogP contribution in [0.2, 0.25) is 5.02 Å². The van der Waals surface area contributed by atoms with Crippen molar-refractivity contribution < 1.29 is 18.0 Å². The Morgan fingerprint density at radius 3 is 2.26 bits per heavy atom. The van der Waals surface area contributed by atoms with Crippen LogP contribution in [0.5, 0.6) is 0 Å². The zero-order valence-corrected chi connectivity index (χ0v) is 11.6. The van der Waals surface area contributed by atoms with E-state index in [2.05, 4.69) is 10.2 Å². The molecule has 0 saturated carbocycles. The minimum absolute atomic E-state index is 0.0819. The van der Waals surface area contributed by atoms with Gasteiger partial charge in [0.25, 0.3) is 4.46 Å². The largest absolute Gasteiger partial charge is 0.416 e. The van der Waals surface area contributed by atoms with Crippen molar-refractivity contribution >= 4 is 46.3 Å². The Balaban J connectivity index is 3.06. The number of hydrogen-bond donors (Lipinski definition) is 0. The molecular weight excluding hydrogens is 327 g/mol. The lowest BCUT2D eigenvalue weighted by molar-refractivity contribution is -0.137. The van der Waals surface area contributed by atoms with E-state index in [1.807, 2.05) is 0 Å². The predicted octanol–water partition coefficient (Wildman–Crippen LogP) is 5.16. The lowest BCUT2D eigenvalue weighted by atomic mass is 10.2. The molecule has 104 valence electrons. The number of Topliss-reactive ketones (excluding diaryl/α,β-unsaturated/α-hetero) is 1. The molecule has 0 atom stereocenters. The maximum Gasteiger partial charge on any atom is 0.416 e. The monoisotopic (exact) mass is 332 g/mol. The molecule has 0 bridgehead atoms. The number of rotatable bonds is 3. The van der Waals surface area contributed by atoms with E-state index in [9.17, 15) is 18.0 Å². The summed E-state index contributed by atoms with van der Waals surface area (Å²) in [7, 11) is 0. The lowest BCUT2D eigenvalue weighted by Crippen LogP contribution is -2.19. The normalized spacial score (nSPS) is 13.0. The Morgan fingerprint density at radius 1 is 1.26 bits per heavy atom. The number of nitrogens with zero attached hydrogens (tertiary/aromatic N) is 2. The van der Waals surface area contributed by atoms with Crippen LogP contribution in [-0.2, 0) is 11.0 Å². The number of alkyl halides is 5. The van der Waals surface area contributed by atoms with Gasteiger partial charge in [-0.1, -0.05) is 34.8 Å². The first kappa shape index (κ1) is 16.2. The van der Waals surface area contributed by atoms with Crippen molar-refractivity contribution in [3.8, 4) is 0 Å². The van der Waals surface area contributed by atoms with Gasteiger partial charge < -0.3 is 0 Å². The van der Waals surface area contributed by atoms with E-state index in [1.54, 1.807) is 0 Å². The molecule has 0 N–H and O–H groups in total. The van der Waals surface area contributed by atoms with Gasteiger partial charge in [-0.3, -0.25) is 4.79 Å². The molecule has 0 aliphatic rings. The highest BCUT2D eigenvalue weighted by Gasteiger charge is 2.31. The summed E-state index contributed by atoms with van der Waals surface area (Å²) in [4.78, 5) is 11.0. The topological polar surface area (TPSA) is 41.8 Å². The Bertz CT molecular complexity index is 529. The summed E-state index contributed by atoms with van der Waals surface area (Å²) >= 11 is 16.6. The van der Waals surface area contributed by atoms with Crippen LogP contribution in [0.15, 0.2) is 28.4 Å². The summed E-state index contributed by atoms with van der Waals surface area (Å²) in [5.41, 5.74) is -1.01. The SMILES string of the molecule is CC(=O)C(Cl)(Cl)/N=N/c1ccc(C(F)(F)F)cc1Cl. The molecular formula is C10H6Cl3F3N2O. The summed E-state index contributed by atoms with van der Waals surface area (Å²) in [6.45, 7) is 1.09. The van der Waals surface area contributed by atoms with Crippen LogP contribution in [0.4, 0.5) is 18.9 Å². The maximum atomic E-state index is 12.4. The number of carbonyl (C=O) groups excluding carboxylic acids is 1. The second kappa shape index (κ2) is 5.64. The first-order valence-corrected chi connectivity index (χ1v) is 5.86. The van der Waals surface area contributed by atoms with Gasteiger partial charge >= 0.3 is 6.18 Å². The van der Waals surface area contributed by atoms with Crippen LogP contribution in [0.3, 0.4) is 0 Å². The van der Waals surface area contributed by atoms with Crippen LogP contribution < -0.4 is 0 Å². The number of azo groups is 1. The van der Waals surface area contributed by atoms with E-state index in [-0.39, 0.29) is 10.7 Å². The van der Waals surface area contributed by atoms with E-state index >= 15 is 0 Å². The molecule has 0 saturated heterocycles. The van der Waals surface area contributed by atoms with Gasteiger partial charge in [0, 0.05) is 0 Å². The molecule has 1 aromatic carbocycles. The van der Waals surface area contributed by atoms with Crippen molar-refractivity contribution in [1.82, 2.24) is 0 Å². The van der Waals surface area contributed by atoms with E-state index < -0.39 is 22.0 Å². The molecule has 3 nitrogen and oxygen atoms in total. The molecule has 0 aliphatic heterocycles. The van der Waals surface area contributed by atoms with Gasteiger partial charge in [0.2, 0.25) is 0 Å². The van der Waals surface area contributed by atoms with Crippen molar-refractivity contribution in [3.05, 3.63) is 28.8 Å². The van der Waals surface area contributed by atoms with Gasteiger partial charge in [-0.2, -0.15) is 18.3 Å². The van der Waals surface area contributed by atoms with Crippen LogP contribution >= 0.6 is 34.8 Å². The number of ketones is 1. The number of carbonyl (C=O) groups is 1. The van der Waals surface area contributed by atoms with Crippen molar-refractivity contribution in [1.29, 1.82) is 0 Å². The van der Waals surface area contributed by atoms with E-state index in [4.69, 9.17) is 34.8 Å². The Hall–Kier alpha value is -0.850. The standard InChI is InChI=1S/C10H6Cl3F3N2O/c1-5(19)9(12,13)18-17-8-3-2-6(4-7(8)11)10(14,15)16/h2-4H,1H3/b18-17+. The average Bonchev–Trinajstić information content (AvgIpc) is 2.25. The van der Waals surface area contributed by atoms with Crippen molar-refractivity contribution in [3.63, 3.8) is 0 Å². The van der Waals surface area contributed by atoms with Gasteiger partial charge in [0.1, 0.15) is 5.69 Å². The van der Waals surface area contributed by atoms with Gasteiger partial charge in [-0.15, -0.1) is 5.11 Å². The van der Waals surface area contributed by atoms with Crippen LogP contribution in [-0.4, -0.2) is 10.2 Å². The molecule has 0 aromatic heterocycles. The minimum atomic E-state index is -4.51. The number of hydrogen-bond acceptors (Lipinski definition) is 3. The van der Waals surface area contributed by atoms with Crippen molar-refractivity contribution in [2.24, 2.45) is 10.2 Å². The van der Waals surface area contributed by atoms with E-state index in [0.29, 0.717) is 6.07 Å². The van der Waals surface area contributed by atoms with E-state index in [0.717, 1.165) is 19.1 Å². The third-order valence-electron chi connectivity index (χ3n) is 1.98. The fraction of sp³-hybridized carbons (Fsp3) is 0.300. The molecule has 0 aliphatic carbocycles.